The van der Waals surface area contributed by atoms with Crippen molar-refractivity contribution < 1.29 is 14.1 Å². The highest BCUT2D eigenvalue weighted by atomic mass is 35.5. The first-order chi connectivity index (χ1) is 9.99. The maximum Gasteiger partial charge on any atom is 0.266 e. The summed E-state index contributed by atoms with van der Waals surface area (Å²) in [7, 11) is 0. The van der Waals surface area contributed by atoms with Crippen LogP contribution in [-0.2, 0) is 4.79 Å². The number of hydrogen-bond donors (Lipinski definition) is 1. The number of carbonyl (C=O) groups is 1. The SMILES string of the molecule is CC[C@@H](Oc1cc(Cl)ccc1Cl)C(=O)Nc1cc(C)on1. The summed E-state index contributed by atoms with van der Waals surface area (Å²) in [6.45, 7) is 3.57. The van der Waals surface area contributed by atoms with Gasteiger partial charge in [-0.25, -0.2) is 0 Å². The van der Waals surface area contributed by atoms with E-state index in [0.717, 1.165) is 0 Å². The van der Waals surface area contributed by atoms with Crippen LogP contribution in [0.4, 0.5) is 5.82 Å². The molecule has 7 heteroatoms. The van der Waals surface area contributed by atoms with Gasteiger partial charge in [0.2, 0.25) is 0 Å². The van der Waals surface area contributed by atoms with Crippen LogP contribution in [-0.4, -0.2) is 17.2 Å². The highest BCUT2D eigenvalue weighted by Gasteiger charge is 2.21. The van der Waals surface area contributed by atoms with Crippen molar-refractivity contribution in [2.45, 2.75) is 26.4 Å². The number of carbonyl (C=O) groups excluding carboxylic acids is 1. The molecule has 21 heavy (non-hydrogen) atoms. The van der Waals surface area contributed by atoms with Gasteiger partial charge in [0.1, 0.15) is 11.5 Å². The number of halogens is 2. The summed E-state index contributed by atoms with van der Waals surface area (Å²) >= 11 is 11.9. The number of anilines is 1. The van der Waals surface area contributed by atoms with Gasteiger partial charge < -0.3 is 14.6 Å². The minimum Gasteiger partial charge on any atom is -0.479 e. The van der Waals surface area contributed by atoms with E-state index in [1.54, 1.807) is 31.2 Å². The second-order valence-corrected chi connectivity index (χ2v) is 5.25. The van der Waals surface area contributed by atoms with Gasteiger partial charge >= 0.3 is 0 Å². The Morgan fingerprint density at radius 2 is 2.19 bits per heavy atom. The van der Waals surface area contributed by atoms with Gasteiger partial charge in [-0.1, -0.05) is 35.3 Å². The molecule has 0 saturated heterocycles. The van der Waals surface area contributed by atoms with E-state index in [2.05, 4.69) is 10.5 Å². The molecule has 5 nitrogen and oxygen atoms in total. The van der Waals surface area contributed by atoms with Crippen LogP contribution in [0.3, 0.4) is 0 Å². The van der Waals surface area contributed by atoms with Crippen LogP contribution >= 0.6 is 23.2 Å². The van der Waals surface area contributed by atoms with Crippen molar-refractivity contribution in [2.75, 3.05) is 5.32 Å². The molecule has 1 aromatic heterocycles. The molecule has 112 valence electrons. The Kier molecular flexibility index (Phi) is 5.09. The standard InChI is InChI=1S/C14H14Cl2N2O3/c1-3-11(14(19)17-13-6-8(2)21-18-13)20-12-7-9(15)4-5-10(12)16/h4-7,11H,3H2,1-2H3,(H,17,18,19)/t11-/m1/s1. The van der Waals surface area contributed by atoms with Gasteiger partial charge in [0, 0.05) is 17.2 Å². The lowest BCUT2D eigenvalue weighted by Crippen LogP contribution is -2.32. The molecule has 1 aromatic carbocycles. The first-order valence-corrected chi connectivity index (χ1v) is 7.11. The van der Waals surface area contributed by atoms with E-state index in [1.165, 1.54) is 0 Å². The van der Waals surface area contributed by atoms with Gasteiger partial charge in [-0.3, -0.25) is 4.79 Å². The van der Waals surface area contributed by atoms with Gasteiger partial charge in [0.25, 0.3) is 5.91 Å². The molecule has 0 spiro atoms. The van der Waals surface area contributed by atoms with Crippen molar-refractivity contribution >= 4 is 34.9 Å². The predicted molar refractivity (Wildman–Crippen MR) is 81.0 cm³/mol. The molecule has 0 saturated carbocycles. The molecular formula is C14H14Cl2N2O3. The van der Waals surface area contributed by atoms with Crippen LogP contribution in [0.5, 0.6) is 5.75 Å². The Labute approximate surface area is 132 Å². The van der Waals surface area contributed by atoms with Crippen molar-refractivity contribution in [3.8, 4) is 5.75 Å². The van der Waals surface area contributed by atoms with Gasteiger partial charge in [-0.2, -0.15) is 0 Å². The number of ether oxygens (including phenoxy) is 1. The molecule has 0 aliphatic rings. The average molecular weight is 329 g/mol. The number of amides is 1. The average Bonchev–Trinajstić information content (AvgIpc) is 2.84. The predicted octanol–water partition coefficient (Wildman–Crippen LogP) is 4.09. The van der Waals surface area contributed by atoms with E-state index in [0.29, 0.717) is 33.8 Å². The molecule has 0 aliphatic heterocycles. The monoisotopic (exact) mass is 328 g/mol. The Morgan fingerprint density at radius 3 is 2.81 bits per heavy atom. The second-order valence-electron chi connectivity index (χ2n) is 4.40. The number of rotatable bonds is 5. The summed E-state index contributed by atoms with van der Waals surface area (Å²) in [6, 6.07) is 6.46. The molecule has 0 aliphatic carbocycles. The lowest BCUT2D eigenvalue weighted by molar-refractivity contribution is -0.122. The van der Waals surface area contributed by atoms with Gasteiger partial charge in [-0.05, 0) is 25.5 Å². The van der Waals surface area contributed by atoms with Crippen LogP contribution in [0.25, 0.3) is 0 Å². The van der Waals surface area contributed by atoms with E-state index in [4.69, 9.17) is 32.5 Å². The highest BCUT2D eigenvalue weighted by Crippen LogP contribution is 2.29. The first kappa shape index (κ1) is 15.7. The fourth-order valence-corrected chi connectivity index (χ4v) is 2.00. The largest absolute Gasteiger partial charge is 0.479 e. The normalized spacial score (nSPS) is 12.0. The summed E-state index contributed by atoms with van der Waals surface area (Å²) in [5, 5.41) is 7.20. The van der Waals surface area contributed by atoms with Crippen molar-refractivity contribution in [3.63, 3.8) is 0 Å². The number of nitrogens with one attached hydrogen (secondary N) is 1. The van der Waals surface area contributed by atoms with Crippen LogP contribution < -0.4 is 10.1 Å². The minimum absolute atomic E-state index is 0.332. The third-order valence-corrected chi connectivity index (χ3v) is 3.25. The summed E-state index contributed by atoms with van der Waals surface area (Å²) in [5.41, 5.74) is 0. The summed E-state index contributed by atoms with van der Waals surface area (Å²) in [4.78, 5) is 12.2. The number of nitrogens with zero attached hydrogens (tertiary/aromatic N) is 1. The lowest BCUT2D eigenvalue weighted by atomic mass is 10.2. The molecule has 0 radical (unpaired) electrons. The number of aryl methyl sites for hydroxylation is 1. The third kappa shape index (κ3) is 4.12. The fourth-order valence-electron chi connectivity index (χ4n) is 1.68. The zero-order chi connectivity index (χ0) is 15.4. The Bertz CT molecular complexity index is 643. The summed E-state index contributed by atoms with van der Waals surface area (Å²) in [5.74, 6) is 0.984. The van der Waals surface area contributed by atoms with Crippen molar-refractivity contribution in [1.29, 1.82) is 0 Å². The number of aromatic nitrogens is 1. The number of benzene rings is 1. The maximum absolute atomic E-state index is 12.2. The highest BCUT2D eigenvalue weighted by molar-refractivity contribution is 6.34. The molecular weight excluding hydrogens is 315 g/mol. The first-order valence-electron chi connectivity index (χ1n) is 6.35. The quantitative estimate of drug-likeness (QED) is 0.897. The van der Waals surface area contributed by atoms with E-state index >= 15 is 0 Å². The maximum atomic E-state index is 12.2. The van der Waals surface area contributed by atoms with Crippen molar-refractivity contribution in [2.24, 2.45) is 0 Å². The van der Waals surface area contributed by atoms with Crippen molar-refractivity contribution in [3.05, 3.63) is 40.1 Å². The van der Waals surface area contributed by atoms with Gasteiger partial charge in [0.05, 0.1) is 5.02 Å². The number of hydrogen-bond acceptors (Lipinski definition) is 4. The fraction of sp³-hybridized carbons (Fsp3) is 0.286. The molecule has 1 atom stereocenters. The van der Waals surface area contributed by atoms with Crippen LogP contribution in [0, 0.1) is 6.92 Å². The van der Waals surface area contributed by atoms with E-state index in [9.17, 15) is 4.79 Å². The molecule has 1 N–H and O–H groups in total. The molecule has 2 aromatic rings. The summed E-state index contributed by atoms with van der Waals surface area (Å²) < 4.78 is 10.5. The molecule has 1 heterocycles. The zero-order valence-corrected chi connectivity index (χ0v) is 13.0. The Balaban J connectivity index is 2.08. The summed E-state index contributed by atoms with van der Waals surface area (Å²) in [6.07, 6.45) is -0.246. The van der Waals surface area contributed by atoms with Gasteiger partial charge in [0.15, 0.2) is 11.9 Å². The third-order valence-electron chi connectivity index (χ3n) is 2.70. The smallest absolute Gasteiger partial charge is 0.266 e. The van der Waals surface area contributed by atoms with E-state index < -0.39 is 6.10 Å². The van der Waals surface area contributed by atoms with Crippen LogP contribution in [0.1, 0.15) is 19.1 Å². The van der Waals surface area contributed by atoms with E-state index in [1.807, 2.05) is 6.92 Å². The molecule has 1 amide bonds. The van der Waals surface area contributed by atoms with E-state index in [-0.39, 0.29) is 5.91 Å². The van der Waals surface area contributed by atoms with Gasteiger partial charge in [-0.15, -0.1) is 0 Å². The topological polar surface area (TPSA) is 64.4 Å². The Hall–Kier alpha value is -1.72. The minimum atomic E-state index is -0.710. The molecule has 0 bridgehead atoms. The second kappa shape index (κ2) is 6.83. The molecule has 0 unspecified atom stereocenters. The lowest BCUT2D eigenvalue weighted by Gasteiger charge is -2.17. The molecule has 2 rings (SSSR count). The molecule has 0 fully saturated rings. The van der Waals surface area contributed by atoms with Crippen LogP contribution in [0.15, 0.2) is 28.8 Å². The van der Waals surface area contributed by atoms with Crippen LogP contribution in [0.2, 0.25) is 10.0 Å². The van der Waals surface area contributed by atoms with Crippen molar-refractivity contribution in [1.82, 2.24) is 5.16 Å². The zero-order valence-electron chi connectivity index (χ0n) is 11.5. The Morgan fingerprint density at radius 1 is 1.43 bits per heavy atom.